The molecule has 1 aromatic carbocycles. The van der Waals surface area contributed by atoms with Gasteiger partial charge in [0, 0.05) is 42.6 Å². The van der Waals surface area contributed by atoms with Crippen LogP contribution in [0.4, 0.5) is 11.4 Å². The Balaban J connectivity index is 1.74. The fourth-order valence-electron chi connectivity index (χ4n) is 3.58. The Kier molecular flexibility index (Phi) is 3.00. The lowest BCUT2D eigenvalue weighted by Crippen LogP contribution is -2.42. The second kappa shape index (κ2) is 4.88. The van der Waals surface area contributed by atoms with Crippen molar-refractivity contribution in [2.45, 2.75) is 32.0 Å². The molecule has 4 heteroatoms. The largest absolute Gasteiger partial charge is 0.388 e. The van der Waals surface area contributed by atoms with Crippen LogP contribution in [0.1, 0.15) is 18.5 Å². The fraction of sp³-hybridized carbons (Fsp3) is 0.471. The SMILES string of the molecule is CNc1cc(C)nc2ccc(N3CC4CCC(C3)O4)cc12. The monoisotopic (exact) mass is 283 g/mol. The molecule has 2 fully saturated rings. The molecule has 0 saturated carbocycles. The number of nitrogens with zero attached hydrogens (tertiary/aromatic N) is 2. The molecular weight excluding hydrogens is 262 g/mol. The standard InChI is InChI=1S/C17H21N3O/c1-11-7-17(18-2)15-8-12(3-6-16(15)19-11)20-9-13-4-5-14(10-20)21-13/h3,6-8,13-14H,4-5,9-10H2,1-2H3,(H,18,19). The van der Waals surface area contributed by atoms with Crippen LogP contribution in [0.3, 0.4) is 0 Å². The van der Waals surface area contributed by atoms with Gasteiger partial charge in [0.1, 0.15) is 0 Å². The maximum absolute atomic E-state index is 5.93. The molecule has 21 heavy (non-hydrogen) atoms. The third kappa shape index (κ3) is 2.23. The maximum Gasteiger partial charge on any atom is 0.0755 e. The summed E-state index contributed by atoms with van der Waals surface area (Å²) in [6, 6.07) is 8.70. The number of hydrogen-bond acceptors (Lipinski definition) is 4. The molecule has 2 aliphatic rings. The average molecular weight is 283 g/mol. The lowest BCUT2D eigenvalue weighted by molar-refractivity contribution is 0.0305. The van der Waals surface area contributed by atoms with Crippen LogP contribution in [0.15, 0.2) is 24.3 Å². The Morgan fingerprint density at radius 1 is 1.19 bits per heavy atom. The van der Waals surface area contributed by atoms with Gasteiger partial charge in [0.15, 0.2) is 0 Å². The minimum atomic E-state index is 0.416. The molecule has 0 aliphatic carbocycles. The first-order valence-corrected chi connectivity index (χ1v) is 7.72. The van der Waals surface area contributed by atoms with E-state index in [0.29, 0.717) is 12.2 Å². The summed E-state index contributed by atoms with van der Waals surface area (Å²) in [4.78, 5) is 7.09. The number of pyridine rings is 1. The first-order valence-electron chi connectivity index (χ1n) is 7.72. The van der Waals surface area contributed by atoms with Crippen LogP contribution >= 0.6 is 0 Å². The van der Waals surface area contributed by atoms with Gasteiger partial charge >= 0.3 is 0 Å². The molecule has 0 amide bonds. The molecule has 1 N–H and O–H groups in total. The summed E-state index contributed by atoms with van der Waals surface area (Å²) in [5, 5.41) is 4.48. The molecule has 2 unspecified atom stereocenters. The lowest BCUT2D eigenvalue weighted by atomic mass is 10.1. The molecule has 2 aromatic rings. The molecule has 2 bridgehead atoms. The first kappa shape index (κ1) is 12.9. The summed E-state index contributed by atoms with van der Waals surface area (Å²) >= 11 is 0. The van der Waals surface area contributed by atoms with Crippen LogP contribution in [0.2, 0.25) is 0 Å². The van der Waals surface area contributed by atoms with Gasteiger partial charge in [0.25, 0.3) is 0 Å². The number of nitrogens with one attached hydrogen (secondary N) is 1. The maximum atomic E-state index is 5.93. The van der Waals surface area contributed by atoms with E-state index in [-0.39, 0.29) is 0 Å². The van der Waals surface area contributed by atoms with Crippen molar-refractivity contribution in [2.24, 2.45) is 0 Å². The fourth-order valence-corrected chi connectivity index (χ4v) is 3.58. The molecule has 4 nitrogen and oxygen atoms in total. The highest BCUT2D eigenvalue weighted by atomic mass is 16.5. The van der Waals surface area contributed by atoms with Crippen molar-refractivity contribution in [3.63, 3.8) is 0 Å². The van der Waals surface area contributed by atoms with Gasteiger partial charge < -0.3 is 15.0 Å². The Morgan fingerprint density at radius 2 is 1.95 bits per heavy atom. The van der Waals surface area contributed by atoms with Crippen molar-refractivity contribution < 1.29 is 4.74 Å². The number of anilines is 2. The molecule has 0 radical (unpaired) electrons. The van der Waals surface area contributed by atoms with Crippen LogP contribution in [-0.4, -0.2) is 37.3 Å². The van der Waals surface area contributed by atoms with Crippen LogP contribution in [-0.2, 0) is 4.74 Å². The molecule has 2 saturated heterocycles. The third-order valence-electron chi connectivity index (χ3n) is 4.60. The van der Waals surface area contributed by atoms with Gasteiger partial charge in [-0.2, -0.15) is 0 Å². The van der Waals surface area contributed by atoms with E-state index in [4.69, 9.17) is 4.74 Å². The number of benzene rings is 1. The van der Waals surface area contributed by atoms with Gasteiger partial charge in [0.05, 0.1) is 17.7 Å². The molecule has 1 aromatic heterocycles. The first-order chi connectivity index (χ1) is 10.2. The van der Waals surface area contributed by atoms with Gasteiger partial charge in [-0.3, -0.25) is 4.98 Å². The Morgan fingerprint density at radius 3 is 2.67 bits per heavy atom. The van der Waals surface area contributed by atoms with Crippen LogP contribution < -0.4 is 10.2 Å². The van der Waals surface area contributed by atoms with Gasteiger partial charge in [-0.25, -0.2) is 0 Å². The Hall–Kier alpha value is -1.81. The molecule has 0 spiro atoms. The van der Waals surface area contributed by atoms with Crippen LogP contribution in [0.5, 0.6) is 0 Å². The minimum absolute atomic E-state index is 0.416. The molecule has 2 atom stereocenters. The highest BCUT2D eigenvalue weighted by molar-refractivity contribution is 5.93. The number of rotatable bonds is 2. The summed E-state index contributed by atoms with van der Waals surface area (Å²) in [5.74, 6) is 0. The van der Waals surface area contributed by atoms with Crippen molar-refractivity contribution in [3.05, 3.63) is 30.0 Å². The topological polar surface area (TPSA) is 37.4 Å². The summed E-state index contributed by atoms with van der Waals surface area (Å²) in [5.41, 5.74) is 4.53. The van der Waals surface area contributed by atoms with Crippen LogP contribution in [0, 0.1) is 6.92 Å². The van der Waals surface area contributed by atoms with E-state index in [1.54, 1.807) is 0 Å². The number of fused-ring (bicyclic) bond motifs is 3. The summed E-state index contributed by atoms with van der Waals surface area (Å²) in [6.07, 6.45) is 3.24. The van der Waals surface area contributed by atoms with Crippen molar-refractivity contribution in [2.75, 3.05) is 30.4 Å². The lowest BCUT2D eigenvalue weighted by Gasteiger charge is -2.34. The summed E-state index contributed by atoms with van der Waals surface area (Å²) in [7, 11) is 1.97. The molecule has 110 valence electrons. The third-order valence-corrected chi connectivity index (χ3v) is 4.60. The molecule has 4 rings (SSSR count). The van der Waals surface area contributed by atoms with Gasteiger partial charge in [0.2, 0.25) is 0 Å². The quantitative estimate of drug-likeness (QED) is 0.919. The zero-order valence-electron chi connectivity index (χ0n) is 12.6. The number of ether oxygens (including phenoxy) is 1. The zero-order valence-corrected chi connectivity index (χ0v) is 12.6. The van der Waals surface area contributed by atoms with E-state index in [2.05, 4.69) is 39.5 Å². The molecule has 3 heterocycles. The number of morpholine rings is 1. The molecule has 2 aliphatic heterocycles. The van der Waals surface area contributed by atoms with Gasteiger partial charge in [-0.1, -0.05) is 0 Å². The average Bonchev–Trinajstić information content (AvgIpc) is 2.84. The highest BCUT2D eigenvalue weighted by Gasteiger charge is 2.33. The van der Waals surface area contributed by atoms with Gasteiger partial charge in [-0.05, 0) is 44.0 Å². The van der Waals surface area contributed by atoms with E-state index in [1.807, 2.05) is 14.0 Å². The second-order valence-electron chi connectivity index (χ2n) is 6.13. The summed E-state index contributed by atoms with van der Waals surface area (Å²) < 4.78 is 5.93. The Bertz CT molecular complexity index is 673. The van der Waals surface area contributed by atoms with E-state index in [9.17, 15) is 0 Å². The highest BCUT2D eigenvalue weighted by Crippen LogP contribution is 2.32. The zero-order chi connectivity index (χ0) is 14.4. The number of hydrogen-bond donors (Lipinski definition) is 1. The van der Waals surface area contributed by atoms with Crippen molar-refractivity contribution in [1.82, 2.24) is 4.98 Å². The van der Waals surface area contributed by atoms with E-state index >= 15 is 0 Å². The number of aryl methyl sites for hydroxylation is 1. The van der Waals surface area contributed by atoms with E-state index < -0.39 is 0 Å². The molecular formula is C17H21N3O. The smallest absolute Gasteiger partial charge is 0.0755 e. The number of aromatic nitrogens is 1. The van der Waals surface area contributed by atoms with Crippen molar-refractivity contribution in [3.8, 4) is 0 Å². The normalized spacial score (nSPS) is 24.6. The van der Waals surface area contributed by atoms with Crippen LogP contribution in [0.25, 0.3) is 10.9 Å². The minimum Gasteiger partial charge on any atom is -0.388 e. The predicted molar refractivity (Wildman–Crippen MR) is 86.1 cm³/mol. The summed E-state index contributed by atoms with van der Waals surface area (Å²) in [6.45, 7) is 4.06. The van der Waals surface area contributed by atoms with Gasteiger partial charge in [-0.15, -0.1) is 0 Å². The van der Waals surface area contributed by atoms with Crippen molar-refractivity contribution in [1.29, 1.82) is 0 Å². The second-order valence-corrected chi connectivity index (χ2v) is 6.13. The predicted octanol–water partition coefficient (Wildman–Crippen LogP) is 2.95. The van der Waals surface area contributed by atoms with E-state index in [1.165, 1.54) is 23.9 Å². The Labute approximate surface area is 125 Å². The van der Waals surface area contributed by atoms with E-state index in [0.717, 1.165) is 30.0 Å². The van der Waals surface area contributed by atoms with Crippen molar-refractivity contribution >= 4 is 22.3 Å².